The third-order valence-electron chi connectivity index (χ3n) is 3.48. The van der Waals surface area contributed by atoms with E-state index in [1.807, 2.05) is 0 Å². The molecular weight excluding hydrogens is 394 g/mol. The predicted octanol–water partition coefficient (Wildman–Crippen LogP) is 2.81. The fourth-order valence-electron chi connectivity index (χ4n) is 2.21. The van der Waals surface area contributed by atoms with Crippen molar-refractivity contribution >= 4 is 33.4 Å². The van der Waals surface area contributed by atoms with Gasteiger partial charge in [0.2, 0.25) is 11.8 Å². The number of halogens is 1. The number of carbonyl (C=O) groups excluding carboxylic acids is 1. The molecule has 0 radical (unpaired) electrons. The summed E-state index contributed by atoms with van der Waals surface area (Å²) in [5.41, 5.74) is 0.571. The zero-order valence-corrected chi connectivity index (χ0v) is 15.6. The molecule has 0 atom stereocenters. The Balaban J connectivity index is 1.68. The molecule has 3 aromatic rings. The molecule has 0 bridgehead atoms. The fraction of sp³-hybridized carbons (Fsp3) is 0.118. The highest BCUT2D eigenvalue weighted by Crippen LogP contribution is 2.23. The molecule has 10 heteroatoms. The Bertz CT molecular complexity index is 1060. The van der Waals surface area contributed by atoms with Gasteiger partial charge in [-0.05, 0) is 42.5 Å². The quantitative estimate of drug-likeness (QED) is 0.668. The molecule has 0 aliphatic carbocycles. The lowest BCUT2D eigenvalue weighted by molar-refractivity contribution is -0.114. The monoisotopic (exact) mass is 407 g/mol. The first-order chi connectivity index (χ1) is 12.9. The Morgan fingerprint density at radius 2 is 1.93 bits per heavy atom. The van der Waals surface area contributed by atoms with Crippen LogP contribution in [0.1, 0.15) is 0 Å². The zero-order chi connectivity index (χ0) is 19.4. The van der Waals surface area contributed by atoms with Crippen LogP contribution < -0.4 is 10.1 Å². The largest absolute Gasteiger partial charge is 0.497 e. The number of nitrogens with zero attached hydrogens (tertiary/aromatic N) is 2. The predicted molar refractivity (Wildman–Crippen MR) is 98.4 cm³/mol. The maximum atomic E-state index is 12.3. The number of hydrogen-bond acceptors (Lipinski definition) is 7. The van der Waals surface area contributed by atoms with E-state index in [9.17, 15) is 13.2 Å². The van der Waals surface area contributed by atoms with E-state index >= 15 is 0 Å². The molecule has 0 spiro atoms. The molecule has 27 heavy (non-hydrogen) atoms. The highest BCUT2D eigenvalue weighted by Gasteiger charge is 2.21. The smallest absolute Gasteiger partial charge is 0.322 e. The van der Waals surface area contributed by atoms with Crippen LogP contribution in [0.5, 0.6) is 5.75 Å². The highest BCUT2D eigenvalue weighted by atomic mass is 35.5. The molecule has 3 rings (SSSR count). The average Bonchev–Trinajstić information content (AvgIpc) is 3.09. The summed E-state index contributed by atoms with van der Waals surface area (Å²) in [6.45, 7) is 0. The van der Waals surface area contributed by atoms with Crippen LogP contribution in [0.3, 0.4) is 0 Å². The lowest BCUT2D eigenvalue weighted by Gasteiger charge is -2.05. The number of sulfone groups is 1. The SMILES string of the molecule is COc1ccc(S(=O)(=O)CC(=O)Nc2nnc(-c3cccc(Cl)c3)o2)cc1. The van der Waals surface area contributed by atoms with E-state index in [-0.39, 0.29) is 16.8 Å². The molecule has 8 nitrogen and oxygen atoms in total. The molecule has 1 amide bonds. The first-order valence-electron chi connectivity index (χ1n) is 7.63. The summed E-state index contributed by atoms with van der Waals surface area (Å²) in [5, 5.41) is 10.3. The van der Waals surface area contributed by atoms with Crippen LogP contribution in [0.15, 0.2) is 57.8 Å². The van der Waals surface area contributed by atoms with Gasteiger partial charge in [0.15, 0.2) is 9.84 Å². The van der Waals surface area contributed by atoms with E-state index in [1.165, 1.54) is 31.4 Å². The van der Waals surface area contributed by atoms with Gasteiger partial charge in [-0.3, -0.25) is 10.1 Å². The van der Waals surface area contributed by atoms with Gasteiger partial charge in [-0.2, -0.15) is 0 Å². The van der Waals surface area contributed by atoms with Crippen LogP contribution in [0.4, 0.5) is 6.01 Å². The second-order valence-corrected chi connectivity index (χ2v) is 7.83. The molecule has 0 saturated heterocycles. The van der Waals surface area contributed by atoms with E-state index in [2.05, 4.69) is 15.5 Å². The standard InChI is InChI=1S/C17H14ClN3O5S/c1-25-13-5-7-14(8-6-13)27(23,24)10-15(22)19-17-21-20-16(26-17)11-3-2-4-12(18)9-11/h2-9H,10H2,1H3,(H,19,21,22). The Hall–Kier alpha value is -2.91. The van der Waals surface area contributed by atoms with Crippen molar-refractivity contribution in [1.29, 1.82) is 0 Å². The number of rotatable bonds is 6. The number of nitrogens with one attached hydrogen (secondary N) is 1. The molecule has 1 heterocycles. The van der Waals surface area contributed by atoms with Crippen molar-refractivity contribution in [3.63, 3.8) is 0 Å². The summed E-state index contributed by atoms with van der Waals surface area (Å²) in [5.74, 6) is -0.912. The summed E-state index contributed by atoms with van der Waals surface area (Å²) >= 11 is 5.90. The minimum absolute atomic E-state index is 0.00333. The van der Waals surface area contributed by atoms with E-state index in [0.717, 1.165) is 0 Å². The highest BCUT2D eigenvalue weighted by molar-refractivity contribution is 7.92. The van der Waals surface area contributed by atoms with E-state index < -0.39 is 21.5 Å². The minimum Gasteiger partial charge on any atom is -0.497 e. The first-order valence-corrected chi connectivity index (χ1v) is 9.66. The van der Waals surface area contributed by atoms with E-state index in [4.69, 9.17) is 20.8 Å². The number of aromatic nitrogens is 2. The molecule has 0 aliphatic heterocycles. The number of methoxy groups -OCH3 is 1. The number of benzene rings is 2. The van der Waals surface area contributed by atoms with Crippen molar-refractivity contribution in [3.05, 3.63) is 53.6 Å². The van der Waals surface area contributed by atoms with Crippen molar-refractivity contribution in [1.82, 2.24) is 10.2 Å². The van der Waals surface area contributed by atoms with Gasteiger partial charge in [0, 0.05) is 10.6 Å². The number of hydrogen-bond donors (Lipinski definition) is 1. The van der Waals surface area contributed by atoms with Gasteiger partial charge < -0.3 is 9.15 Å². The maximum absolute atomic E-state index is 12.3. The van der Waals surface area contributed by atoms with Gasteiger partial charge in [-0.15, -0.1) is 5.10 Å². The van der Waals surface area contributed by atoms with Gasteiger partial charge in [0.1, 0.15) is 11.5 Å². The van der Waals surface area contributed by atoms with Crippen LogP contribution in [-0.2, 0) is 14.6 Å². The Morgan fingerprint density at radius 3 is 2.59 bits per heavy atom. The Labute approximate surface area is 160 Å². The molecule has 0 fully saturated rings. The van der Waals surface area contributed by atoms with Crippen LogP contribution in [0.2, 0.25) is 5.02 Å². The summed E-state index contributed by atoms with van der Waals surface area (Å²) < 4.78 is 34.9. The first kappa shape index (κ1) is 18.9. The third kappa shape index (κ3) is 4.63. The zero-order valence-electron chi connectivity index (χ0n) is 14.0. The summed E-state index contributed by atoms with van der Waals surface area (Å²) in [7, 11) is -2.36. The van der Waals surface area contributed by atoms with Gasteiger partial charge >= 0.3 is 6.01 Å². The van der Waals surface area contributed by atoms with Gasteiger partial charge in [-0.25, -0.2) is 8.42 Å². The second-order valence-electron chi connectivity index (χ2n) is 5.41. The van der Waals surface area contributed by atoms with Crippen molar-refractivity contribution in [3.8, 4) is 17.2 Å². The van der Waals surface area contributed by atoms with Crippen molar-refractivity contribution in [2.75, 3.05) is 18.2 Å². The topological polar surface area (TPSA) is 111 Å². The normalized spacial score (nSPS) is 11.2. The second kappa shape index (κ2) is 7.77. The van der Waals surface area contributed by atoms with E-state index in [0.29, 0.717) is 16.3 Å². The van der Waals surface area contributed by atoms with Crippen LogP contribution in [0.25, 0.3) is 11.5 Å². The van der Waals surface area contributed by atoms with Crippen LogP contribution in [-0.4, -0.2) is 37.4 Å². The van der Waals surface area contributed by atoms with Crippen LogP contribution >= 0.6 is 11.6 Å². The lowest BCUT2D eigenvalue weighted by atomic mass is 10.2. The molecule has 0 unspecified atom stereocenters. The molecule has 2 aromatic carbocycles. The third-order valence-corrected chi connectivity index (χ3v) is 5.35. The summed E-state index contributed by atoms with van der Waals surface area (Å²) in [6, 6.07) is 12.3. The van der Waals surface area contributed by atoms with Crippen molar-refractivity contribution in [2.45, 2.75) is 4.90 Å². The Kier molecular flexibility index (Phi) is 5.43. The average molecular weight is 408 g/mol. The van der Waals surface area contributed by atoms with Crippen molar-refractivity contribution in [2.24, 2.45) is 0 Å². The van der Waals surface area contributed by atoms with Gasteiger partial charge in [-0.1, -0.05) is 22.8 Å². The van der Waals surface area contributed by atoms with Crippen molar-refractivity contribution < 1.29 is 22.4 Å². The molecule has 0 saturated carbocycles. The molecule has 1 aromatic heterocycles. The van der Waals surface area contributed by atoms with E-state index in [1.54, 1.807) is 24.3 Å². The Morgan fingerprint density at radius 1 is 1.19 bits per heavy atom. The molecule has 1 N–H and O–H groups in total. The van der Waals surface area contributed by atoms with Crippen LogP contribution in [0, 0.1) is 0 Å². The molecular formula is C17H14ClN3O5S. The van der Waals surface area contributed by atoms with Gasteiger partial charge in [0.05, 0.1) is 12.0 Å². The number of anilines is 1. The molecule has 140 valence electrons. The summed E-state index contributed by atoms with van der Waals surface area (Å²) in [4.78, 5) is 12.1. The van der Waals surface area contributed by atoms with Gasteiger partial charge in [0.25, 0.3) is 0 Å². The summed E-state index contributed by atoms with van der Waals surface area (Å²) in [6.07, 6.45) is 0. The fourth-order valence-corrected chi connectivity index (χ4v) is 3.53. The molecule has 0 aliphatic rings. The minimum atomic E-state index is -3.83. The number of ether oxygens (including phenoxy) is 1. The lowest BCUT2D eigenvalue weighted by Crippen LogP contribution is -2.23. The number of carbonyl (C=O) groups is 1. The number of amides is 1. The maximum Gasteiger partial charge on any atom is 0.322 e.